The Kier molecular flexibility index (Phi) is 6.37. The highest BCUT2D eigenvalue weighted by Gasteiger charge is 2.19. The van der Waals surface area contributed by atoms with Gasteiger partial charge in [-0.3, -0.25) is 4.72 Å². The molecule has 0 amide bonds. The number of aliphatic hydroxyl groups excluding tert-OH is 1. The summed E-state index contributed by atoms with van der Waals surface area (Å²) in [6, 6.07) is 16.6. The van der Waals surface area contributed by atoms with Crippen LogP contribution in [0.15, 0.2) is 77.1 Å². The third kappa shape index (κ3) is 5.01. The maximum Gasteiger partial charge on any atom is 0.263 e. The molecule has 0 radical (unpaired) electrons. The Balaban J connectivity index is 1.69. The van der Waals surface area contributed by atoms with Crippen LogP contribution in [-0.2, 0) is 16.6 Å². The molecule has 166 valence electrons. The third-order valence-electron chi connectivity index (χ3n) is 4.62. The number of ether oxygens (including phenoxy) is 1. The molecule has 0 fully saturated rings. The SMILES string of the molecule is N#Cc1cc(S(=O)(=O)Nc2nccs2)ccc1Oc1ccc(F)cc1-c1cccc(CO)c1. The molecule has 0 saturated heterocycles. The molecule has 7 nitrogen and oxygen atoms in total. The van der Waals surface area contributed by atoms with Gasteiger partial charge in [-0.05, 0) is 53.6 Å². The molecule has 0 aliphatic rings. The summed E-state index contributed by atoms with van der Waals surface area (Å²) in [5.74, 6) is -0.113. The fourth-order valence-electron chi connectivity index (χ4n) is 3.07. The van der Waals surface area contributed by atoms with Gasteiger partial charge in [-0.15, -0.1) is 11.3 Å². The van der Waals surface area contributed by atoms with Gasteiger partial charge in [0.1, 0.15) is 23.4 Å². The van der Waals surface area contributed by atoms with Crippen molar-refractivity contribution in [3.05, 3.63) is 89.2 Å². The maximum absolute atomic E-state index is 14.0. The zero-order chi connectivity index (χ0) is 23.4. The van der Waals surface area contributed by atoms with Gasteiger partial charge in [0.2, 0.25) is 0 Å². The number of sulfonamides is 1. The van der Waals surface area contributed by atoms with E-state index in [2.05, 4.69) is 9.71 Å². The van der Waals surface area contributed by atoms with Crippen LogP contribution in [-0.4, -0.2) is 18.5 Å². The Bertz CT molecular complexity index is 1450. The van der Waals surface area contributed by atoms with Crippen LogP contribution in [0.5, 0.6) is 11.5 Å². The van der Waals surface area contributed by atoms with E-state index in [9.17, 15) is 23.2 Å². The van der Waals surface area contributed by atoms with Crippen molar-refractivity contribution < 1.29 is 22.7 Å². The highest BCUT2D eigenvalue weighted by Crippen LogP contribution is 2.36. The van der Waals surface area contributed by atoms with E-state index in [0.29, 0.717) is 16.7 Å². The number of anilines is 1. The number of aliphatic hydroxyl groups is 1. The second kappa shape index (κ2) is 9.38. The van der Waals surface area contributed by atoms with E-state index in [4.69, 9.17) is 4.74 Å². The summed E-state index contributed by atoms with van der Waals surface area (Å²) in [5.41, 5.74) is 1.65. The topological polar surface area (TPSA) is 112 Å². The summed E-state index contributed by atoms with van der Waals surface area (Å²) in [7, 11) is -3.95. The van der Waals surface area contributed by atoms with Crippen LogP contribution >= 0.6 is 11.3 Å². The lowest BCUT2D eigenvalue weighted by Crippen LogP contribution is -2.13. The number of nitriles is 1. The summed E-state index contributed by atoms with van der Waals surface area (Å²) in [4.78, 5) is 3.76. The van der Waals surface area contributed by atoms with Gasteiger partial charge in [0, 0.05) is 17.1 Å². The smallest absolute Gasteiger partial charge is 0.263 e. The number of benzene rings is 3. The minimum atomic E-state index is -3.95. The predicted molar refractivity (Wildman–Crippen MR) is 122 cm³/mol. The molecule has 3 aromatic carbocycles. The van der Waals surface area contributed by atoms with Crippen molar-refractivity contribution in [3.8, 4) is 28.7 Å². The number of thiazole rings is 1. The van der Waals surface area contributed by atoms with Crippen LogP contribution in [0.3, 0.4) is 0 Å². The van der Waals surface area contributed by atoms with E-state index in [1.165, 1.54) is 42.6 Å². The molecule has 0 unspecified atom stereocenters. The fourth-order valence-corrected chi connectivity index (χ4v) is 4.89. The molecule has 0 spiro atoms. The first kappa shape index (κ1) is 22.4. The van der Waals surface area contributed by atoms with Crippen LogP contribution in [0.25, 0.3) is 11.1 Å². The molecule has 1 aromatic heterocycles. The molecule has 0 aliphatic carbocycles. The summed E-state index contributed by atoms with van der Waals surface area (Å²) in [6.45, 7) is -0.178. The van der Waals surface area contributed by atoms with Crippen molar-refractivity contribution >= 4 is 26.5 Å². The van der Waals surface area contributed by atoms with E-state index in [1.54, 1.807) is 29.6 Å². The van der Waals surface area contributed by atoms with Crippen molar-refractivity contribution in [1.29, 1.82) is 5.26 Å². The van der Waals surface area contributed by atoms with Crippen molar-refractivity contribution in [2.75, 3.05) is 4.72 Å². The molecule has 10 heteroatoms. The number of hydrogen-bond acceptors (Lipinski definition) is 7. The van der Waals surface area contributed by atoms with Crippen LogP contribution in [0.1, 0.15) is 11.1 Å². The van der Waals surface area contributed by atoms with Crippen LogP contribution in [0.4, 0.5) is 9.52 Å². The minimum absolute atomic E-state index is 0.0172. The van der Waals surface area contributed by atoms with E-state index >= 15 is 0 Å². The first-order valence-corrected chi connectivity index (χ1v) is 11.9. The average molecular weight is 482 g/mol. The lowest BCUT2D eigenvalue weighted by molar-refractivity contribution is 0.282. The van der Waals surface area contributed by atoms with Gasteiger partial charge in [-0.2, -0.15) is 5.26 Å². The lowest BCUT2D eigenvalue weighted by atomic mass is 10.0. The monoisotopic (exact) mass is 481 g/mol. The normalized spacial score (nSPS) is 11.1. The molecule has 2 N–H and O–H groups in total. The van der Waals surface area contributed by atoms with Gasteiger partial charge >= 0.3 is 0 Å². The predicted octanol–water partition coefficient (Wildman–Crippen LogP) is 4.91. The molecular weight excluding hydrogens is 465 g/mol. The van der Waals surface area contributed by atoms with Crippen molar-refractivity contribution in [3.63, 3.8) is 0 Å². The zero-order valence-corrected chi connectivity index (χ0v) is 18.5. The zero-order valence-electron chi connectivity index (χ0n) is 16.9. The van der Waals surface area contributed by atoms with Crippen LogP contribution in [0, 0.1) is 17.1 Å². The number of rotatable bonds is 7. The Morgan fingerprint density at radius 1 is 1.12 bits per heavy atom. The quantitative estimate of drug-likeness (QED) is 0.388. The van der Waals surface area contributed by atoms with E-state index in [1.807, 2.05) is 6.07 Å². The van der Waals surface area contributed by atoms with Crippen molar-refractivity contribution in [2.45, 2.75) is 11.5 Å². The average Bonchev–Trinajstić information content (AvgIpc) is 3.32. The molecule has 0 bridgehead atoms. The highest BCUT2D eigenvalue weighted by atomic mass is 32.2. The van der Waals surface area contributed by atoms with Crippen molar-refractivity contribution in [1.82, 2.24) is 4.98 Å². The molecule has 4 rings (SSSR count). The maximum atomic E-state index is 14.0. The number of halogens is 1. The first-order valence-electron chi connectivity index (χ1n) is 9.53. The largest absolute Gasteiger partial charge is 0.455 e. The molecule has 0 atom stereocenters. The Morgan fingerprint density at radius 2 is 1.94 bits per heavy atom. The summed E-state index contributed by atoms with van der Waals surface area (Å²) in [5, 5.41) is 20.8. The molecule has 0 saturated carbocycles. The first-order chi connectivity index (χ1) is 15.9. The number of hydrogen-bond donors (Lipinski definition) is 2. The second-order valence-electron chi connectivity index (χ2n) is 6.81. The van der Waals surface area contributed by atoms with Crippen molar-refractivity contribution in [2.24, 2.45) is 0 Å². The molecule has 1 heterocycles. The Morgan fingerprint density at radius 3 is 2.67 bits per heavy atom. The standard InChI is InChI=1S/C23H16FN3O4S2/c24-18-4-6-22(20(12-18)16-3-1-2-15(10-16)14-28)31-21-7-5-19(11-17(21)13-25)33(29,30)27-23-26-8-9-32-23/h1-12,28H,14H2,(H,26,27). The van der Waals surface area contributed by atoms with Gasteiger partial charge < -0.3 is 9.84 Å². The van der Waals surface area contributed by atoms with Gasteiger partial charge in [-0.25, -0.2) is 17.8 Å². The Labute approximate surface area is 193 Å². The number of nitrogens with zero attached hydrogens (tertiary/aromatic N) is 2. The lowest BCUT2D eigenvalue weighted by Gasteiger charge is -2.14. The highest BCUT2D eigenvalue weighted by molar-refractivity contribution is 7.93. The Hall–Kier alpha value is -3.78. The summed E-state index contributed by atoms with van der Waals surface area (Å²) >= 11 is 1.13. The van der Waals surface area contributed by atoms with Crippen LogP contribution in [0.2, 0.25) is 0 Å². The fraction of sp³-hybridized carbons (Fsp3) is 0.0435. The number of nitrogens with one attached hydrogen (secondary N) is 1. The second-order valence-corrected chi connectivity index (χ2v) is 9.39. The minimum Gasteiger partial charge on any atom is -0.455 e. The molecule has 33 heavy (non-hydrogen) atoms. The summed E-state index contributed by atoms with van der Waals surface area (Å²) in [6.07, 6.45) is 1.47. The molecule has 0 aliphatic heterocycles. The van der Waals surface area contributed by atoms with Crippen LogP contribution < -0.4 is 9.46 Å². The van der Waals surface area contributed by atoms with E-state index in [-0.39, 0.29) is 33.7 Å². The number of aromatic nitrogens is 1. The summed E-state index contributed by atoms with van der Waals surface area (Å²) < 4.78 is 47.5. The molecule has 4 aromatic rings. The van der Waals surface area contributed by atoms with Gasteiger partial charge in [0.15, 0.2) is 5.13 Å². The van der Waals surface area contributed by atoms with Gasteiger partial charge in [0.25, 0.3) is 10.0 Å². The van der Waals surface area contributed by atoms with Gasteiger partial charge in [0.05, 0.1) is 17.1 Å². The van der Waals surface area contributed by atoms with Gasteiger partial charge in [-0.1, -0.05) is 18.2 Å². The van der Waals surface area contributed by atoms with E-state index < -0.39 is 15.8 Å². The third-order valence-corrected chi connectivity index (χ3v) is 6.77. The van der Waals surface area contributed by atoms with E-state index in [0.717, 1.165) is 11.3 Å². The molecular formula is C23H16FN3O4S2.